The summed E-state index contributed by atoms with van der Waals surface area (Å²) in [7, 11) is 1.66. The maximum absolute atomic E-state index is 11.4. The Bertz CT molecular complexity index is 1120. The van der Waals surface area contributed by atoms with Crippen LogP contribution in [0.25, 0.3) is 16.6 Å². The summed E-state index contributed by atoms with van der Waals surface area (Å²) in [6.45, 7) is 11.2. The molecule has 182 valence electrons. The first-order valence-corrected chi connectivity index (χ1v) is 12.3. The molecule has 2 atom stereocenters. The second-order valence-electron chi connectivity index (χ2n) is 9.51. The first-order valence-electron chi connectivity index (χ1n) is 12.3. The summed E-state index contributed by atoms with van der Waals surface area (Å²) in [5, 5.41) is 11.4. The average molecular weight is 463 g/mol. The van der Waals surface area contributed by atoms with E-state index < -0.39 is 0 Å². The van der Waals surface area contributed by atoms with E-state index in [1.165, 1.54) is 0 Å². The Balaban J connectivity index is 1.95. The molecule has 0 saturated carbocycles. The molecule has 2 aromatic carbocycles. The Hall–Kier alpha value is -2.92. The highest BCUT2D eigenvalue weighted by molar-refractivity contribution is 5.74. The molecular weight excluding hydrogens is 424 g/mol. The topological polar surface area (TPSA) is 64.5 Å². The number of benzene rings is 2. The fraction of sp³-hybridized carbons (Fsp3) is 0.448. The molecule has 5 heteroatoms. The second-order valence-corrected chi connectivity index (χ2v) is 9.51. The number of aliphatic hydroxyl groups is 1. The lowest BCUT2D eigenvalue weighted by Crippen LogP contribution is -2.15. The Morgan fingerprint density at radius 3 is 2.41 bits per heavy atom. The van der Waals surface area contributed by atoms with E-state index in [-0.39, 0.29) is 5.92 Å². The van der Waals surface area contributed by atoms with Crippen molar-refractivity contribution in [2.75, 3.05) is 13.7 Å². The lowest BCUT2D eigenvalue weighted by Gasteiger charge is -2.24. The summed E-state index contributed by atoms with van der Waals surface area (Å²) in [4.78, 5) is 9.02. The van der Waals surface area contributed by atoms with Crippen LogP contribution in [-0.2, 0) is 11.2 Å². The molecule has 0 aliphatic rings. The van der Waals surface area contributed by atoms with Gasteiger partial charge in [-0.2, -0.15) is 0 Å². The molecule has 0 spiro atoms. The van der Waals surface area contributed by atoms with E-state index in [1.807, 2.05) is 36.4 Å². The van der Waals surface area contributed by atoms with E-state index >= 15 is 0 Å². The van der Waals surface area contributed by atoms with Gasteiger partial charge in [0.15, 0.2) is 0 Å². The van der Waals surface area contributed by atoms with Crippen LogP contribution in [0.1, 0.15) is 58.6 Å². The number of hydrogen-bond acceptors (Lipinski definition) is 5. The van der Waals surface area contributed by atoms with Crippen LogP contribution in [0.3, 0.4) is 0 Å². The SMILES string of the molecule is CCc1ccc(Oc2cnc3ccccc3n2)cc1/C(COC)=C(\O)C(C)[C@@H](C)CCC(C)C. The molecule has 5 nitrogen and oxygen atoms in total. The van der Waals surface area contributed by atoms with Crippen LogP contribution in [0, 0.1) is 17.8 Å². The fourth-order valence-corrected chi connectivity index (χ4v) is 4.14. The summed E-state index contributed by atoms with van der Waals surface area (Å²) in [5.41, 5.74) is 4.52. The molecule has 3 aromatic rings. The molecule has 0 bridgehead atoms. The highest BCUT2D eigenvalue weighted by atomic mass is 16.5. The van der Waals surface area contributed by atoms with Crippen molar-refractivity contribution in [3.05, 3.63) is 65.5 Å². The van der Waals surface area contributed by atoms with Crippen molar-refractivity contribution in [2.45, 2.75) is 53.9 Å². The van der Waals surface area contributed by atoms with Gasteiger partial charge < -0.3 is 14.6 Å². The minimum Gasteiger partial charge on any atom is -0.512 e. The molecule has 0 fully saturated rings. The van der Waals surface area contributed by atoms with Gasteiger partial charge in [-0.3, -0.25) is 0 Å². The summed E-state index contributed by atoms with van der Waals surface area (Å²) < 4.78 is 11.6. The number of methoxy groups -OCH3 is 1. The lowest BCUT2D eigenvalue weighted by molar-refractivity contribution is 0.227. The van der Waals surface area contributed by atoms with Gasteiger partial charge in [-0.05, 0) is 60.1 Å². The zero-order valence-electron chi connectivity index (χ0n) is 21.3. The number of aliphatic hydroxyl groups excluding tert-OH is 1. The normalized spacial score (nSPS) is 14.2. The van der Waals surface area contributed by atoms with Crippen molar-refractivity contribution in [2.24, 2.45) is 17.8 Å². The van der Waals surface area contributed by atoms with Crippen LogP contribution in [-0.4, -0.2) is 28.8 Å². The van der Waals surface area contributed by atoms with E-state index in [0.29, 0.717) is 35.8 Å². The van der Waals surface area contributed by atoms with Crippen LogP contribution < -0.4 is 4.74 Å². The predicted octanol–water partition coefficient (Wildman–Crippen LogP) is 7.61. The molecule has 0 saturated heterocycles. The van der Waals surface area contributed by atoms with Gasteiger partial charge in [-0.25, -0.2) is 9.97 Å². The number of allylic oxidation sites excluding steroid dienone is 1. The smallest absolute Gasteiger partial charge is 0.238 e. The standard InChI is InChI=1S/C29H38N2O3/c1-7-22-14-15-23(34-28-17-30-26-10-8-9-11-27(26)31-28)16-24(22)25(18-33-6)29(32)21(5)20(4)13-12-19(2)3/h8-11,14-17,19-21,32H,7,12-13,18H2,1-6H3/b29-25-/t20-,21?/m0/s1. The number of aryl methyl sites for hydroxylation is 1. The molecule has 1 heterocycles. The van der Waals surface area contributed by atoms with Gasteiger partial charge in [-0.15, -0.1) is 0 Å². The third kappa shape index (κ3) is 6.35. The predicted molar refractivity (Wildman–Crippen MR) is 139 cm³/mol. The van der Waals surface area contributed by atoms with Crippen molar-refractivity contribution in [1.82, 2.24) is 9.97 Å². The van der Waals surface area contributed by atoms with E-state index in [9.17, 15) is 5.11 Å². The third-order valence-electron chi connectivity index (χ3n) is 6.52. The van der Waals surface area contributed by atoms with E-state index in [2.05, 4.69) is 50.7 Å². The Morgan fingerprint density at radius 2 is 1.74 bits per heavy atom. The van der Waals surface area contributed by atoms with Gasteiger partial charge >= 0.3 is 0 Å². The molecule has 0 radical (unpaired) electrons. The van der Waals surface area contributed by atoms with E-state index in [0.717, 1.165) is 47.0 Å². The molecule has 1 N–H and O–H groups in total. The molecule has 0 amide bonds. The third-order valence-corrected chi connectivity index (χ3v) is 6.52. The Labute approximate surface area is 203 Å². The van der Waals surface area contributed by atoms with Crippen LogP contribution >= 0.6 is 0 Å². The van der Waals surface area contributed by atoms with E-state index in [1.54, 1.807) is 13.3 Å². The van der Waals surface area contributed by atoms with Crippen LogP contribution in [0.2, 0.25) is 0 Å². The number of hydrogen-bond donors (Lipinski definition) is 1. The van der Waals surface area contributed by atoms with Crippen molar-refractivity contribution in [3.8, 4) is 11.6 Å². The van der Waals surface area contributed by atoms with Gasteiger partial charge in [0.1, 0.15) is 11.5 Å². The largest absolute Gasteiger partial charge is 0.512 e. The van der Waals surface area contributed by atoms with E-state index in [4.69, 9.17) is 9.47 Å². The fourth-order valence-electron chi connectivity index (χ4n) is 4.14. The van der Waals surface area contributed by atoms with Crippen molar-refractivity contribution in [1.29, 1.82) is 0 Å². The molecule has 1 aromatic heterocycles. The lowest BCUT2D eigenvalue weighted by atomic mass is 9.85. The first kappa shape index (κ1) is 25.7. The Morgan fingerprint density at radius 1 is 1.00 bits per heavy atom. The molecule has 3 rings (SSSR count). The summed E-state index contributed by atoms with van der Waals surface area (Å²) in [6, 6.07) is 13.7. The molecule has 34 heavy (non-hydrogen) atoms. The van der Waals surface area contributed by atoms with Gasteiger partial charge in [0.05, 0.1) is 23.8 Å². The average Bonchev–Trinajstić information content (AvgIpc) is 2.84. The zero-order chi connectivity index (χ0) is 24.7. The number of fused-ring (bicyclic) bond motifs is 1. The number of para-hydroxylation sites is 2. The summed E-state index contributed by atoms with van der Waals surface area (Å²) in [6.07, 6.45) is 4.70. The van der Waals surface area contributed by atoms with Crippen LogP contribution in [0.4, 0.5) is 0 Å². The summed E-state index contributed by atoms with van der Waals surface area (Å²) in [5.74, 6) is 2.54. The molecule has 1 unspecified atom stereocenters. The number of rotatable bonds is 11. The quantitative estimate of drug-likeness (QED) is 0.297. The Kier molecular flexibility index (Phi) is 9.05. The molecule has 0 aliphatic carbocycles. The van der Waals surface area contributed by atoms with Crippen LogP contribution in [0.15, 0.2) is 54.4 Å². The number of ether oxygens (including phenoxy) is 2. The van der Waals surface area contributed by atoms with Crippen molar-refractivity contribution >= 4 is 16.6 Å². The van der Waals surface area contributed by atoms with Crippen molar-refractivity contribution < 1.29 is 14.6 Å². The monoisotopic (exact) mass is 462 g/mol. The van der Waals surface area contributed by atoms with Gasteiger partial charge in [0.2, 0.25) is 5.88 Å². The van der Waals surface area contributed by atoms with Gasteiger partial charge in [0, 0.05) is 18.6 Å². The van der Waals surface area contributed by atoms with Crippen molar-refractivity contribution in [3.63, 3.8) is 0 Å². The van der Waals surface area contributed by atoms with Gasteiger partial charge in [0.25, 0.3) is 0 Å². The minimum atomic E-state index is 0.0320. The van der Waals surface area contributed by atoms with Gasteiger partial charge in [-0.1, -0.05) is 59.2 Å². The highest BCUT2D eigenvalue weighted by Gasteiger charge is 2.22. The maximum atomic E-state index is 11.4. The number of nitrogens with zero attached hydrogens (tertiary/aromatic N) is 2. The molecular formula is C29H38N2O3. The maximum Gasteiger partial charge on any atom is 0.238 e. The highest BCUT2D eigenvalue weighted by Crippen LogP contribution is 2.34. The second kappa shape index (κ2) is 12.0. The molecule has 0 aliphatic heterocycles. The zero-order valence-corrected chi connectivity index (χ0v) is 21.3. The van der Waals surface area contributed by atoms with Crippen LogP contribution in [0.5, 0.6) is 11.6 Å². The summed E-state index contributed by atoms with van der Waals surface area (Å²) >= 11 is 0. The first-order chi connectivity index (χ1) is 16.3. The minimum absolute atomic E-state index is 0.0320. The number of aromatic nitrogens is 2.